The van der Waals surface area contributed by atoms with Crippen LogP contribution in [0.1, 0.15) is 33.3 Å². The second-order valence-corrected chi connectivity index (χ2v) is 5.94. The summed E-state index contributed by atoms with van der Waals surface area (Å²) in [6.07, 6.45) is 0. The van der Waals surface area contributed by atoms with Crippen molar-refractivity contribution in [2.45, 2.75) is 27.7 Å². The highest BCUT2D eigenvalue weighted by atomic mass is 16.5. The molecule has 0 saturated heterocycles. The van der Waals surface area contributed by atoms with E-state index in [2.05, 4.69) is 32.2 Å². The molecule has 5 nitrogen and oxygen atoms in total. The van der Waals surface area contributed by atoms with Gasteiger partial charge in [-0.15, -0.1) is 0 Å². The number of nitrogens with zero attached hydrogens (tertiary/aromatic N) is 1. The molecule has 0 aromatic heterocycles. The molecule has 0 heterocycles. The SMILES string of the molecule is CC(=O)OCCNc1ccc(OCC(C)(C)C)c(C#N)c1. The van der Waals surface area contributed by atoms with Gasteiger partial charge in [0.15, 0.2) is 0 Å². The lowest BCUT2D eigenvalue weighted by Crippen LogP contribution is -2.17. The van der Waals surface area contributed by atoms with E-state index >= 15 is 0 Å². The molecule has 1 rings (SSSR count). The first kappa shape index (κ1) is 16.8. The van der Waals surface area contributed by atoms with E-state index in [4.69, 9.17) is 9.47 Å². The molecule has 0 amide bonds. The molecular formula is C16H22N2O3. The first-order valence-corrected chi connectivity index (χ1v) is 6.86. The van der Waals surface area contributed by atoms with Crippen LogP contribution in [0.15, 0.2) is 18.2 Å². The van der Waals surface area contributed by atoms with Crippen molar-refractivity contribution in [2.24, 2.45) is 5.41 Å². The van der Waals surface area contributed by atoms with Gasteiger partial charge in [0, 0.05) is 19.2 Å². The average molecular weight is 290 g/mol. The van der Waals surface area contributed by atoms with Crippen LogP contribution in [-0.2, 0) is 9.53 Å². The maximum absolute atomic E-state index is 10.6. The lowest BCUT2D eigenvalue weighted by Gasteiger charge is -2.19. The fourth-order valence-electron chi connectivity index (χ4n) is 1.54. The molecule has 0 aliphatic heterocycles. The van der Waals surface area contributed by atoms with Gasteiger partial charge in [0.1, 0.15) is 18.4 Å². The second kappa shape index (κ2) is 7.53. The lowest BCUT2D eigenvalue weighted by molar-refractivity contribution is -0.140. The number of esters is 1. The Morgan fingerprint density at radius 1 is 1.38 bits per heavy atom. The zero-order chi connectivity index (χ0) is 15.9. The molecule has 0 aliphatic rings. The maximum Gasteiger partial charge on any atom is 0.302 e. The summed E-state index contributed by atoms with van der Waals surface area (Å²) in [5.41, 5.74) is 1.31. The van der Waals surface area contributed by atoms with E-state index in [-0.39, 0.29) is 11.4 Å². The molecule has 0 atom stereocenters. The summed E-state index contributed by atoms with van der Waals surface area (Å²) in [4.78, 5) is 10.6. The van der Waals surface area contributed by atoms with Crippen LogP contribution in [0.5, 0.6) is 5.75 Å². The van der Waals surface area contributed by atoms with Crippen molar-refractivity contribution in [1.82, 2.24) is 0 Å². The molecule has 114 valence electrons. The summed E-state index contributed by atoms with van der Waals surface area (Å²) in [6.45, 7) is 8.92. The molecule has 1 aromatic rings. The Balaban J connectivity index is 2.62. The Morgan fingerprint density at radius 3 is 2.67 bits per heavy atom. The average Bonchev–Trinajstić information content (AvgIpc) is 2.40. The van der Waals surface area contributed by atoms with Gasteiger partial charge in [0.25, 0.3) is 0 Å². The summed E-state index contributed by atoms with van der Waals surface area (Å²) >= 11 is 0. The van der Waals surface area contributed by atoms with Gasteiger partial charge in [-0.2, -0.15) is 5.26 Å². The molecule has 0 unspecified atom stereocenters. The van der Waals surface area contributed by atoms with Gasteiger partial charge in [0.2, 0.25) is 0 Å². The molecule has 0 fully saturated rings. The lowest BCUT2D eigenvalue weighted by atomic mass is 9.98. The summed E-state index contributed by atoms with van der Waals surface area (Å²) in [5.74, 6) is 0.276. The molecule has 1 N–H and O–H groups in total. The minimum atomic E-state index is -0.305. The number of anilines is 1. The fourth-order valence-corrected chi connectivity index (χ4v) is 1.54. The topological polar surface area (TPSA) is 71.3 Å². The van der Waals surface area contributed by atoms with Crippen molar-refractivity contribution in [3.8, 4) is 11.8 Å². The highest BCUT2D eigenvalue weighted by Gasteiger charge is 2.13. The normalized spacial score (nSPS) is 10.6. The zero-order valence-electron chi connectivity index (χ0n) is 13.0. The zero-order valence-corrected chi connectivity index (χ0v) is 13.0. The summed E-state index contributed by atoms with van der Waals surface area (Å²) < 4.78 is 10.5. The monoisotopic (exact) mass is 290 g/mol. The smallest absolute Gasteiger partial charge is 0.302 e. The summed E-state index contributed by atoms with van der Waals surface area (Å²) in [7, 11) is 0. The number of hydrogen-bond acceptors (Lipinski definition) is 5. The Labute approximate surface area is 125 Å². The quantitative estimate of drug-likeness (QED) is 0.644. The molecular weight excluding hydrogens is 268 g/mol. The van der Waals surface area contributed by atoms with E-state index in [1.807, 2.05) is 6.07 Å². The Morgan fingerprint density at radius 2 is 2.10 bits per heavy atom. The van der Waals surface area contributed by atoms with E-state index in [0.717, 1.165) is 5.69 Å². The van der Waals surface area contributed by atoms with Crippen molar-refractivity contribution < 1.29 is 14.3 Å². The van der Waals surface area contributed by atoms with E-state index in [1.54, 1.807) is 12.1 Å². The first-order chi connectivity index (χ1) is 9.81. The fraction of sp³-hybridized carbons (Fsp3) is 0.500. The van der Waals surface area contributed by atoms with Crippen LogP contribution < -0.4 is 10.1 Å². The number of nitrogens with one attached hydrogen (secondary N) is 1. The molecule has 0 spiro atoms. The molecule has 0 bridgehead atoms. The van der Waals surface area contributed by atoms with Gasteiger partial charge < -0.3 is 14.8 Å². The predicted molar refractivity (Wildman–Crippen MR) is 81.2 cm³/mol. The first-order valence-electron chi connectivity index (χ1n) is 6.86. The Kier molecular flexibility index (Phi) is 6.04. The maximum atomic E-state index is 10.6. The molecule has 0 saturated carbocycles. The highest BCUT2D eigenvalue weighted by molar-refractivity contribution is 5.65. The highest BCUT2D eigenvalue weighted by Crippen LogP contribution is 2.24. The van der Waals surface area contributed by atoms with Gasteiger partial charge in [-0.05, 0) is 23.6 Å². The summed E-state index contributed by atoms with van der Waals surface area (Å²) in [5, 5.41) is 12.3. The van der Waals surface area contributed by atoms with Crippen molar-refractivity contribution in [1.29, 1.82) is 5.26 Å². The van der Waals surface area contributed by atoms with Gasteiger partial charge in [0.05, 0.1) is 12.2 Å². The Hall–Kier alpha value is -2.22. The number of carbonyl (C=O) groups excluding carboxylic acids is 1. The van der Waals surface area contributed by atoms with Crippen LogP contribution in [0.25, 0.3) is 0 Å². The van der Waals surface area contributed by atoms with Crippen LogP contribution in [0.4, 0.5) is 5.69 Å². The van der Waals surface area contributed by atoms with Gasteiger partial charge in [-0.1, -0.05) is 20.8 Å². The number of benzene rings is 1. The molecule has 0 aliphatic carbocycles. The van der Waals surface area contributed by atoms with E-state index in [1.165, 1.54) is 6.92 Å². The van der Waals surface area contributed by atoms with E-state index in [0.29, 0.717) is 31.1 Å². The van der Waals surface area contributed by atoms with Crippen LogP contribution in [0.2, 0.25) is 0 Å². The van der Waals surface area contributed by atoms with Crippen LogP contribution in [0.3, 0.4) is 0 Å². The number of nitriles is 1. The van der Waals surface area contributed by atoms with Crippen LogP contribution in [0, 0.1) is 16.7 Å². The third kappa shape index (κ3) is 6.66. The van der Waals surface area contributed by atoms with E-state index in [9.17, 15) is 10.1 Å². The Bertz CT molecular complexity index is 527. The van der Waals surface area contributed by atoms with Gasteiger partial charge in [-0.25, -0.2) is 0 Å². The van der Waals surface area contributed by atoms with E-state index < -0.39 is 0 Å². The van der Waals surface area contributed by atoms with Crippen molar-refractivity contribution in [2.75, 3.05) is 25.1 Å². The van der Waals surface area contributed by atoms with Crippen molar-refractivity contribution in [3.63, 3.8) is 0 Å². The van der Waals surface area contributed by atoms with Crippen molar-refractivity contribution in [3.05, 3.63) is 23.8 Å². The number of carbonyl (C=O) groups is 1. The standard InChI is InChI=1S/C16H22N2O3/c1-12(19)20-8-7-18-14-5-6-15(13(9-14)10-17)21-11-16(2,3)4/h5-6,9,18H,7-8,11H2,1-4H3. The predicted octanol–water partition coefficient (Wildman–Crippen LogP) is 2.96. The van der Waals surface area contributed by atoms with Gasteiger partial charge in [-0.3, -0.25) is 4.79 Å². The van der Waals surface area contributed by atoms with Crippen LogP contribution in [-0.4, -0.2) is 25.7 Å². The molecule has 5 heteroatoms. The molecule has 21 heavy (non-hydrogen) atoms. The molecule has 0 radical (unpaired) electrons. The van der Waals surface area contributed by atoms with Gasteiger partial charge >= 0.3 is 5.97 Å². The third-order valence-corrected chi connectivity index (χ3v) is 2.50. The molecule has 1 aromatic carbocycles. The van der Waals surface area contributed by atoms with Crippen LogP contribution >= 0.6 is 0 Å². The minimum Gasteiger partial charge on any atom is -0.492 e. The third-order valence-electron chi connectivity index (χ3n) is 2.50. The second-order valence-electron chi connectivity index (χ2n) is 5.94. The minimum absolute atomic E-state index is 0.0354. The number of ether oxygens (including phenoxy) is 2. The van der Waals surface area contributed by atoms with Crippen molar-refractivity contribution >= 4 is 11.7 Å². The largest absolute Gasteiger partial charge is 0.492 e. The number of rotatable bonds is 6. The summed E-state index contributed by atoms with van der Waals surface area (Å²) in [6, 6.07) is 7.47. The number of hydrogen-bond donors (Lipinski definition) is 1.